The number of anilines is 1. The van der Waals surface area contributed by atoms with Crippen molar-refractivity contribution in [2.75, 3.05) is 31.1 Å². The second kappa shape index (κ2) is 11.0. The lowest BCUT2D eigenvalue weighted by molar-refractivity contribution is -0.126. The minimum atomic E-state index is -0.104. The van der Waals surface area contributed by atoms with Gasteiger partial charge in [0.1, 0.15) is 17.6 Å². The molecule has 2 aromatic rings. The van der Waals surface area contributed by atoms with Crippen LogP contribution in [0.25, 0.3) is 0 Å². The van der Waals surface area contributed by atoms with Gasteiger partial charge in [-0.2, -0.15) is 0 Å². The number of carbonyl (C=O) groups is 2. The lowest BCUT2D eigenvalue weighted by Crippen LogP contribution is -2.52. The number of hydrogen-bond acceptors (Lipinski definition) is 4. The van der Waals surface area contributed by atoms with Gasteiger partial charge in [-0.1, -0.05) is 30.7 Å². The highest BCUT2D eigenvalue weighted by Crippen LogP contribution is 2.36. The van der Waals surface area contributed by atoms with Crippen molar-refractivity contribution in [1.82, 2.24) is 10.2 Å². The number of nitrogens with one attached hydrogen (secondary N) is 1. The molecule has 0 aliphatic carbocycles. The topological polar surface area (TPSA) is 71.1 Å². The zero-order chi connectivity index (χ0) is 24.1. The lowest BCUT2D eigenvalue weighted by atomic mass is 9.96. The number of fused-ring (bicyclic) bond motifs is 1. The molecule has 8 heteroatoms. The Morgan fingerprint density at radius 3 is 2.59 bits per heavy atom. The van der Waals surface area contributed by atoms with Crippen molar-refractivity contribution in [1.29, 1.82) is 0 Å². The number of benzene rings is 2. The van der Waals surface area contributed by atoms with Gasteiger partial charge in [0.05, 0.1) is 18.8 Å². The summed E-state index contributed by atoms with van der Waals surface area (Å²) < 4.78 is 11.5. The zero-order valence-electron chi connectivity index (χ0n) is 19.8. The first kappa shape index (κ1) is 24.2. The predicted octanol–water partition coefficient (Wildman–Crippen LogP) is 4.86. The Kier molecular flexibility index (Phi) is 7.83. The molecule has 182 valence electrons. The molecule has 0 spiro atoms. The molecule has 2 aromatic carbocycles. The summed E-state index contributed by atoms with van der Waals surface area (Å²) in [4.78, 5) is 29.6. The maximum Gasteiger partial charge on any atom is 0.324 e. The lowest BCUT2D eigenvalue weighted by Gasteiger charge is -2.39. The van der Waals surface area contributed by atoms with Crippen molar-refractivity contribution in [3.05, 3.63) is 53.1 Å². The van der Waals surface area contributed by atoms with E-state index in [2.05, 4.69) is 12.2 Å². The summed E-state index contributed by atoms with van der Waals surface area (Å²) in [6.07, 6.45) is 2.15. The van der Waals surface area contributed by atoms with Crippen LogP contribution in [-0.2, 0) is 11.3 Å². The Bertz CT molecular complexity index is 1010. The van der Waals surface area contributed by atoms with Crippen LogP contribution in [0.5, 0.6) is 11.5 Å². The van der Waals surface area contributed by atoms with Crippen LogP contribution in [0.2, 0.25) is 5.02 Å². The van der Waals surface area contributed by atoms with Crippen LogP contribution in [0.1, 0.15) is 38.7 Å². The third kappa shape index (κ3) is 5.76. The summed E-state index contributed by atoms with van der Waals surface area (Å²) in [7, 11) is 0. The number of ether oxygens (including phenoxy) is 2. The van der Waals surface area contributed by atoms with Gasteiger partial charge in [-0.15, -0.1) is 0 Å². The molecular formula is C26H32ClN3O4. The summed E-state index contributed by atoms with van der Waals surface area (Å²) in [5.41, 5.74) is 1.73. The fourth-order valence-corrected chi connectivity index (χ4v) is 4.52. The molecule has 0 radical (unpaired) electrons. The van der Waals surface area contributed by atoms with Crippen LogP contribution in [0, 0.1) is 5.92 Å². The summed E-state index contributed by atoms with van der Waals surface area (Å²) in [6, 6.07) is 13.1. The van der Waals surface area contributed by atoms with Gasteiger partial charge in [-0.3, -0.25) is 9.69 Å². The molecule has 7 nitrogen and oxygen atoms in total. The van der Waals surface area contributed by atoms with E-state index in [9.17, 15) is 9.59 Å². The van der Waals surface area contributed by atoms with E-state index in [0.29, 0.717) is 62.1 Å². The summed E-state index contributed by atoms with van der Waals surface area (Å²) in [5, 5.41) is 3.60. The average Bonchev–Trinajstić information content (AvgIpc) is 2.86. The smallest absolute Gasteiger partial charge is 0.324 e. The monoisotopic (exact) mass is 485 g/mol. The van der Waals surface area contributed by atoms with Crippen LogP contribution >= 0.6 is 11.6 Å². The van der Waals surface area contributed by atoms with Crippen LogP contribution in [0.3, 0.4) is 0 Å². The van der Waals surface area contributed by atoms with Crippen molar-refractivity contribution in [3.8, 4) is 11.5 Å². The molecule has 0 unspecified atom stereocenters. The molecule has 0 aromatic heterocycles. The molecule has 0 bridgehead atoms. The molecule has 1 N–H and O–H groups in total. The van der Waals surface area contributed by atoms with Gasteiger partial charge >= 0.3 is 6.03 Å². The Morgan fingerprint density at radius 2 is 1.88 bits per heavy atom. The molecule has 2 heterocycles. The van der Waals surface area contributed by atoms with E-state index in [1.807, 2.05) is 36.1 Å². The van der Waals surface area contributed by atoms with Crippen LogP contribution < -0.4 is 19.7 Å². The van der Waals surface area contributed by atoms with E-state index in [-0.39, 0.29) is 24.0 Å². The van der Waals surface area contributed by atoms with Gasteiger partial charge in [0.25, 0.3) is 0 Å². The maximum atomic E-state index is 13.3. The number of amides is 3. The fraction of sp³-hybridized carbons (Fsp3) is 0.462. The largest absolute Gasteiger partial charge is 0.494 e. The first-order valence-electron chi connectivity index (χ1n) is 12.0. The predicted molar refractivity (Wildman–Crippen MR) is 133 cm³/mol. The van der Waals surface area contributed by atoms with Crippen LogP contribution in [0.4, 0.5) is 10.5 Å². The van der Waals surface area contributed by atoms with Gasteiger partial charge in [-0.05, 0) is 62.1 Å². The highest BCUT2D eigenvalue weighted by Gasteiger charge is 2.34. The van der Waals surface area contributed by atoms with Gasteiger partial charge in [0.2, 0.25) is 5.91 Å². The number of urea groups is 1. The highest BCUT2D eigenvalue weighted by atomic mass is 35.5. The standard InChI is InChI=1S/C26H32ClN3O4/c1-3-14-33-22-7-4-19(5-8-22)16-28-25(31)20-10-12-29(13-11-20)26(32)30-17-18(2)34-24-9-6-21(27)15-23(24)30/h4-9,15,18,20H,3,10-14,16-17H2,1-2H3,(H,28,31)/t18-/m0/s1. The number of carbonyl (C=O) groups excluding carboxylic acids is 2. The van der Waals surface area contributed by atoms with Crippen molar-refractivity contribution in [2.24, 2.45) is 5.92 Å². The molecule has 1 fully saturated rings. The second-order valence-corrected chi connectivity index (χ2v) is 9.34. The van der Waals surface area contributed by atoms with Gasteiger partial charge in [-0.25, -0.2) is 4.79 Å². The van der Waals surface area contributed by atoms with E-state index in [1.165, 1.54) is 0 Å². The second-order valence-electron chi connectivity index (χ2n) is 8.91. The minimum Gasteiger partial charge on any atom is -0.494 e. The molecular weight excluding hydrogens is 454 g/mol. The number of rotatable bonds is 6. The summed E-state index contributed by atoms with van der Waals surface area (Å²) >= 11 is 6.17. The molecule has 34 heavy (non-hydrogen) atoms. The van der Waals surface area contributed by atoms with Crippen molar-refractivity contribution < 1.29 is 19.1 Å². The van der Waals surface area contributed by atoms with E-state index in [0.717, 1.165) is 17.7 Å². The van der Waals surface area contributed by atoms with E-state index < -0.39 is 0 Å². The highest BCUT2D eigenvalue weighted by molar-refractivity contribution is 6.31. The molecule has 1 atom stereocenters. The van der Waals surface area contributed by atoms with Crippen LogP contribution in [-0.4, -0.2) is 49.2 Å². The molecule has 2 aliphatic rings. The molecule has 1 saturated heterocycles. The Morgan fingerprint density at radius 1 is 1.15 bits per heavy atom. The van der Waals surface area contributed by atoms with E-state index >= 15 is 0 Å². The first-order valence-corrected chi connectivity index (χ1v) is 12.3. The third-order valence-corrected chi connectivity index (χ3v) is 6.44. The molecule has 4 rings (SSSR count). The summed E-state index contributed by atoms with van der Waals surface area (Å²) in [6.45, 7) is 6.75. The molecule has 2 aliphatic heterocycles. The van der Waals surface area contributed by atoms with Crippen molar-refractivity contribution in [3.63, 3.8) is 0 Å². The SMILES string of the molecule is CCCOc1ccc(CNC(=O)C2CCN(C(=O)N3C[C@H](C)Oc4ccc(Cl)cc43)CC2)cc1. The summed E-state index contributed by atoms with van der Waals surface area (Å²) in [5.74, 6) is 1.45. The fourth-order valence-electron chi connectivity index (χ4n) is 4.35. The Hall–Kier alpha value is -2.93. The van der Waals surface area contributed by atoms with Crippen molar-refractivity contribution >= 4 is 29.2 Å². The van der Waals surface area contributed by atoms with Gasteiger partial charge < -0.3 is 19.7 Å². The number of hydrogen-bond donors (Lipinski definition) is 1. The number of halogens is 1. The quantitative estimate of drug-likeness (QED) is 0.634. The van der Waals surface area contributed by atoms with Crippen LogP contribution in [0.15, 0.2) is 42.5 Å². The van der Waals surface area contributed by atoms with E-state index in [1.54, 1.807) is 23.1 Å². The maximum absolute atomic E-state index is 13.3. The number of piperidine rings is 1. The van der Waals surface area contributed by atoms with E-state index in [4.69, 9.17) is 21.1 Å². The average molecular weight is 486 g/mol. The zero-order valence-corrected chi connectivity index (χ0v) is 20.5. The molecule has 3 amide bonds. The third-order valence-electron chi connectivity index (χ3n) is 6.21. The normalized spacial score (nSPS) is 18.1. The first-order chi connectivity index (χ1) is 16.4. The van der Waals surface area contributed by atoms with Gasteiger partial charge in [0, 0.05) is 30.6 Å². The Balaban J connectivity index is 1.28. The van der Waals surface area contributed by atoms with Crippen molar-refractivity contribution in [2.45, 2.75) is 45.8 Å². The minimum absolute atomic E-state index is 0.0375. The number of nitrogens with zero attached hydrogens (tertiary/aromatic N) is 2. The molecule has 0 saturated carbocycles. The van der Waals surface area contributed by atoms with Gasteiger partial charge in [0.15, 0.2) is 0 Å². The number of likely N-dealkylation sites (tertiary alicyclic amines) is 1. The Labute approximate surface area is 206 Å².